The molecule has 2 aromatic rings. The molecule has 8 heteroatoms. The molecular weight excluding hydrogens is 398 g/mol. The summed E-state index contributed by atoms with van der Waals surface area (Å²) in [6.45, 7) is 3.44. The van der Waals surface area contributed by atoms with Crippen molar-refractivity contribution in [1.82, 2.24) is 10.4 Å². The van der Waals surface area contributed by atoms with Gasteiger partial charge in [-0.05, 0) is 43.2 Å². The van der Waals surface area contributed by atoms with E-state index in [2.05, 4.69) is 10.7 Å². The van der Waals surface area contributed by atoms with Gasteiger partial charge in [-0.3, -0.25) is 29.6 Å². The molecule has 1 aliphatic heterocycles. The number of ether oxygens (including phenoxy) is 1. The molecule has 0 aromatic heterocycles. The Balaban J connectivity index is 1.47. The average Bonchev–Trinajstić information content (AvgIpc) is 3.13. The van der Waals surface area contributed by atoms with Crippen LogP contribution in [0.4, 0.5) is 5.69 Å². The van der Waals surface area contributed by atoms with Crippen molar-refractivity contribution < 1.29 is 23.9 Å². The molecular formula is C23H25N3O5. The lowest BCUT2D eigenvalue weighted by Crippen LogP contribution is -2.43. The number of carbonyl (C=O) groups excluding carboxylic acids is 4. The van der Waals surface area contributed by atoms with Gasteiger partial charge < -0.3 is 10.1 Å². The standard InChI is InChI=1S/C23H25N3O5/c1-3-16-7-9-19(10-8-16)24-20(27)14-31-23(30)18-12-21(28)26(13-18)25-22(29)17-6-4-5-15(2)11-17/h4-11,18H,3,12-14H2,1-2H3,(H,24,27)(H,25,29)/t18-/m0/s1. The Morgan fingerprint density at radius 2 is 1.87 bits per heavy atom. The Morgan fingerprint density at radius 1 is 1.13 bits per heavy atom. The summed E-state index contributed by atoms with van der Waals surface area (Å²) >= 11 is 0. The van der Waals surface area contributed by atoms with Crippen LogP contribution in [0, 0.1) is 12.8 Å². The summed E-state index contributed by atoms with van der Waals surface area (Å²) in [5, 5.41) is 3.77. The molecule has 162 valence electrons. The number of hydrazine groups is 1. The van der Waals surface area contributed by atoms with Gasteiger partial charge in [-0.25, -0.2) is 0 Å². The largest absolute Gasteiger partial charge is 0.455 e. The molecule has 3 rings (SSSR count). The van der Waals surface area contributed by atoms with E-state index in [0.29, 0.717) is 11.3 Å². The highest BCUT2D eigenvalue weighted by Gasteiger charge is 2.36. The third-order valence-corrected chi connectivity index (χ3v) is 4.97. The van der Waals surface area contributed by atoms with E-state index in [9.17, 15) is 19.2 Å². The lowest BCUT2D eigenvalue weighted by Gasteiger charge is -2.17. The Morgan fingerprint density at radius 3 is 2.55 bits per heavy atom. The maximum absolute atomic E-state index is 12.3. The smallest absolute Gasteiger partial charge is 0.311 e. The fraction of sp³-hybridized carbons (Fsp3) is 0.304. The van der Waals surface area contributed by atoms with E-state index in [1.54, 1.807) is 30.3 Å². The molecule has 1 saturated heterocycles. The van der Waals surface area contributed by atoms with Crippen molar-refractivity contribution in [3.8, 4) is 0 Å². The first-order valence-electron chi connectivity index (χ1n) is 10.1. The first-order valence-corrected chi connectivity index (χ1v) is 10.1. The molecule has 0 saturated carbocycles. The molecule has 1 fully saturated rings. The predicted molar refractivity (Wildman–Crippen MR) is 114 cm³/mol. The van der Waals surface area contributed by atoms with Gasteiger partial charge in [0.1, 0.15) is 0 Å². The van der Waals surface area contributed by atoms with Crippen LogP contribution in [0.3, 0.4) is 0 Å². The van der Waals surface area contributed by atoms with Gasteiger partial charge >= 0.3 is 5.97 Å². The number of hydrogen-bond acceptors (Lipinski definition) is 5. The lowest BCUT2D eigenvalue weighted by molar-refractivity contribution is -0.151. The summed E-state index contributed by atoms with van der Waals surface area (Å²) in [6.07, 6.45) is 0.807. The van der Waals surface area contributed by atoms with Crippen LogP contribution in [0.15, 0.2) is 48.5 Å². The van der Waals surface area contributed by atoms with Crippen LogP contribution in [0.1, 0.15) is 34.8 Å². The van der Waals surface area contributed by atoms with Crippen molar-refractivity contribution in [1.29, 1.82) is 0 Å². The van der Waals surface area contributed by atoms with Crippen LogP contribution in [-0.4, -0.2) is 41.9 Å². The summed E-state index contributed by atoms with van der Waals surface area (Å²) in [5.74, 6) is -2.69. The Kier molecular flexibility index (Phi) is 7.02. The number of nitrogens with zero attached hydrogens (tertiary/aromatic N) is 1. The van der Waals surface area contributed by atoms with Gasteiger partial charge in [0, 0.05) is 17.7 Å². The van der Waals surface area contributed by atoms with Gasteiger partial charge in [0.15, 0.2) is 6.61 Å². The molecule has 2 aromatic carbocycles. The summed E-state index contributed by atoms with van der Waals surface area (Å²) in [5.41, 5.74) is 5.62. The van der Waals surface area contributed by atoms with E-state index in [1.807, 2.05) is 32.0 Å². The molecule has 0 bridgehead atoms. The normalized spacial score (nSPS) is 15.5. The Labute approximate surface area is 180 Å². The van der Waals surface area contributed by atoms with Gasteiger partial charge in [0.25, 0.3) is 11.8 Å². The fourth-order valence-corrected chi connectivity index (χ4v) is 3.22. The highest BCUT2D eigenvalue weighted by molar-refractivity contribution is 5.97. The zero-order valence-corrected chi connectivity index (χ0v) is 17.5. The van der Waals surface area contributed by atoms with E-state index in [-0.39, 0.29) is 18.9 Å². The van der Waals surface area contributed by atoms with Crippen LogP contribution in [-0.2, 0) is 25.5 Å². The number of anilines is 1. The number of amides is 3. The molecule has 3 amide bonds. The number of benzene rings is 2. The SMILES string of the molecule is CCc1ccc(NC(=O)COC(=O)[C@H]2CC(=O)N(NC(=O)c3cccc(C)c3)C2)cc1. The molecule has 1 heterocycles. The maximum atomic E-state index is 12.3. The highest BCUT2D eigenvalue weighted by Crippen LogP contribution is 2.18. The number of rotatable bonds is 7. The lowest BCUT2D eigenvalue weighted by atomic mass is 10.1. The highest BCUT2D eigenvalue weighted by atomic mass is 16.5. The van der Waals surface area contributed by atoms with Crippen LogP contribution in [0.2, 0.25) is 0 Å². The molecule has 0 aliphatic carbocycles. The number of esters is 1. The molecule has 2 N–H and O–H groups in total. The van der Waals surface area contributed by atoms with E-state index < -0.39 is 30.3 Å². The van der Waals surface area contributed by atoms with E-state index >= 15 is 0 Å². The third-order valence-electron chi connectivity index (χ3n) is 4.97. The minimum Gasteiger partial charge on any atom is -0.455 e. The minimum absolute atomic E-state index is 0.00464. The van der Waals surface area contributed by atoms with Gasteiger partial charge in [-0.1, -0.05) is 36.8 Å². The molecule has 1 aliphatic rings. The number of hydrogen-bond donors (Lipinski definition) is 2. The van der Waals surface area contributed by atoms with Crippen molar-refractivity contribution in [2.24, 2.45) is 5.92 Å². The zero-order chi connectivity index (χ0) is 22.4. The zero-order valence-electron chi connectivity index (χ0n) is 17.5. The summed E-state index contributed by atoms with van der Waals surface area (Å²) in [6, 6.07) is 14.3. The molecule has 31 heavy (non-hydrogen) atoms. The van der Waals surface area contributed by atoms with Crippen molar-refractivity contribution in [2.45, 2.75) is 26.7 Å². The van der Waals surface area contributed by atoms with Crippen molar-refractivity contribution in [3.63, 3.8) is 0 Å². The summed E-state index contributed by atoms with van der Waals surface area (Å²) in [4.78, 5) is 48.8. The minimum atomic E-state index is -0.748. The Hall–Kier alpha value is -3.68. The number of carbonyl (C=O) groups is 4. The summed E-state index contributed by atoms with van der Waals surface area (Å²) in [7, 11) is 0. The third kappa shape index (κ3) is 5.91. The molecule has 1 atom stereocenters. The van der Waals surface area contributed by atoms with Crippen LogP contribution >= 0.6 is 0 Å². The number of nitrogens with one attached hydrogen (secondary N) is 2. The van der Waals surface area contributed by atoms with Gasteiger partial charge in [-0.2, -0.15) is 0 Å². The second-order valence-corrected chi connectivity index (χ2v) is 7.42. The fourth-order valence-electron chi connectivity index (χ4n) is 3.22. The van der Waals surface area contributed by atoms with E-state index in [0.717, 1.165) is 22.6 Å². The van der Waals surface area contributed by atoms with Gasteiger partial charge in [0.2, 0.25) is 5.91 Å². The predicted octanol–water partition coefficient (Wildman–Crippen LogP) is 2.23. The average molecular weight is 423 g/mol. The molecule has 0 spiro atoms. The van der Waals surface area contributed by atoms with Crippen LogP contribution < -0.4 is 10.7 Å². The van der Waals surface area contributed by atoms with Gasteiger partial charge in [0.05, 0.1) is 12.5 Å². The molecule has 0 unspecified atom stereocenters. The molecule has 8 nitrogen and oxygen atoms in total. The second kappa shape index (κ2) is 9.88. The summed E-state index contributed by atoms with van der Waals surface area (Å²) < 4.78 is 5.06. The van der Waals surface area contributed by atoms with Gasteiger partial charge in [-0.15, -0.1) is 0 Å². The van der Waals surface area contributed by atoms with Crippen LogP contribution in [0.5, 0.6) is 0 Å². The van der Waals surface area contributed by atoms with E-state index in [1.165, 1.54) is 0 Å². The van der Waals surface area contributed by atoms with E-state index in [4.69, 9.17) is 4.74 Å². The van der Waals surface area contributed by atoms with Crippen molar-refractivity contribution >= 4 is 29.4 Å². The second-order valence-electron chi connectivity index (χ2n) is 7.42. The first kappa shape index (κ1) is 22.0. The maximum Gasteiger partial charge on any atom is 0.311 e. The number of aryl methyl sites for hydroxylation is 2. The first-order chi connectivity index (χ1) is 14.9. The van der Waals surface area contributed by atoms with Crippen molar-refractivity contribution in [2.75, 3.05) is 18.5 Å². The Bertz CT molecular complexity index is 987. The topological polar surface area (TPSA) is 105 Å². The molecule has 0 radical (unpaired) electrons. The quantitative estimate of drug-likeness (QED) is 0.665. The van der Waals surface area contributed by atoms with Crippen LogP contribution in [0.25, 0.3) is 0 Å². The van der Waals surface area contributed by atoms with Crippen molar-refractivity contribution in [3.05, 3.63) is 65.2 Å². The monoisotopic (exact) mass is 423 g/mol.